The van der Waals surface area contributed by atoms with Crippen molar-refractivity contribution in [3.05, 3.63) is 47.0 Å². The molecule has 26 heavy (non-hydrogen) atoms. The zero-order chi connectivity index (χ0) is 17.3. The highest BCUT2D eigenvalue weighted by Crippen LogP contribution is 2.36. The molecule has 1 N–H and O–H groups in total. The standard InChI is InChI=1S/C17H15N7OS/c1-3-13(4-2-11(1)17-20-22-23-24(17)14-5-6-14)18-9-15-19-16(21-25-15)12-7-8-26-10-12/h1-4,7-8,10,14,18H,5-6,9H2. The average molecular weight is 365 g/mol. The lowest BCUT2D eigenvalue weighted by Gasteiger charge is -2.06. The molecule has 9 heteroatoms. The van der Waals surface area contributed by atoms with E-state index >= 15 is 0 Å². The molecule has 4 aromatic rings. The summed E-state index contributed by atoms with van der Waals surface area (Å²) in [7, 11) is 0. The molecule has 130 valence electrons. The second-order valence-corrected chi connectivity index (χ2v) is 6.91. The van der Waals surface area contributed by atoms with E-state index in [-0.39, 0.29) is 0 Å². The molecule has 0 bridgehead atoms. The smallest absolute Gasteiger partial charge is 0.246 e. The van der Waals surface area contributed by atoms with E-state index in [0.29, 0.717) is 24.3 Å². The van der Waals surface area contributed by atoms with Crippen LogP contribution in [-0.2, 0) is 6.54 Å². The van der Waals surface area contributed by atoms with Crippen molar-refractivity contribution < 1.29 is 4.52 Å². The average Bonchev–Trinajstić information content (AvgIpc) is 3.13. The fraction of sp³-hybridized carbons (Fsp3) is 0.235. The molecule has 1 aliphatic carbocycles. The van der Waals surface area contributed by atoms with Crippen molar-refractivity contribution in [1.82, 2.24) is 30.3 Å². The van der Waals surface area contributed by atoms with Gasteiger partial charge in [0.2, 0.25) is 11.7 Å². The van der Waals surface area contributed by atoms with Gasteiger partial charge >= 0.3 is 0 Å². The van der Waals surface area contributed by atoms with E-state index in [1.54, 1.807) is 11.3 Å². The van der Waals surface area contributed by atoms with Gasteiger partial charge in [0.1, 0.15) is 0 Å². The summed E-state index contributed by atoms with van der Waals surface area (Å²) in [6.07, 6.45) is 2.30. The van der Waals surface area contributed by atoms with Crippen LogP contribution in [0.2, 0.25) is 0 Å². The fourth-order valence-electron chi connectivity index (χ4n) is 2.70. The molecule has 3 heterocycles. The number of hydrogen-bond acceptors (Lipinski definition) is 8. The number of nitrogens with one attached hydrogen (secondary N) is 1. The molecule has 1 fully saturated rings. The molecule has 5 rings (SSSR count). The Morgan fingerprint density at radius 2 is 2.04 bits per heavy atom. The molecule has 1 aliphatic rings. The number of anilines is 1. The van der Waals surface area contributed by atoms with Crippen LogP contribution in [0.4, 0.5) is 5.69 Å². The maximum atomic E-state index is 5.29. The van der Waals surface area contributed by atoms with Crippen LogP contribution in [-0.4, -0.2) is 30.3 Å². The van der Waals surface area contributed by atoms with Crippen LogP contribution in [0, 0.1) is 0 Å². The van der Waals surface area contributed by atoms with Gasteiger partial charge in [-0.2, -0.15) is 16.3 Å². The number of tetrazole rings is 1. The molecule has 0 unspecified atom stereocenters. The minimum Gasteiger partial charge on any atom is -0.376 e. The molecule has 0 amide bonds. The Bertz CT molecular complexity index is 1000. The lowest BCUT2D eigenvalue weighted by molar-refractivity contribution is 0.384. The molecule has 0 saturated heterocycles. The fourth-order valence-corrected chi connectivity index (χ4v) is 3.33. The highest BCUT2D eigenvalue weighted by Gasteiger charge is 2.28. The third-order valence-corrected chi connectivity index (χ3v) is 4.90. The van der Waals surface area contributed by atoms with Crippen LogP contribution in [0.5, 0.6) is 0 Å². The second kappa shape index (κ2) is 6.34. The molecule has 1 saturated carbocycles. The van der Waals surface area contributed by atoms with E-state index in [0.717, 1.165) is 35.5 Å². The molecule has 0 spiro atoms. The van der Waals surface area contributed by atoms with Crippen LogP contribution in [0.25, 0.3) is 22.8 Å². The number of thiophene rings is 1. The summed E-state index contributed by atoms with van der Waals surface area (Å²) in [5, 5.41) is 23.3. The summed E-state index contributed by atoms with van der Waals surface area (Å²) < 4.78 is 7.20. The van der Waals surface area contributed by atoms with Gasteiger partial charge in [0, 0.05) is 22.2 Å². The molecular weight excluding hydrogens is 350 g/mol. The van der Waals surface area contributed by atoms with Crippen LogP contribution in [0.15, 0.2) is 45.6 Å². The van der Waals surface area contributed by atoms with Crippen LogP contribution in [0.3, 0.4) is 0 Å². The maximum absolute atomic E-state index is 5.29. The minimum atomic E-state index is 0.452. The largest absolute Gasteiger partial charge is 0.376 e. The van der Waals surface area contributed by atoms with Crippen molar-refractivity contribution in [3.8, 4) is 22.8 Å². The summed E-state index contributed by atoms with van der Waals surface area (Å²) >= 11 is 1.61. The highest BCUT2D eigenvalue weighted by molar-refractivity contribution is 7.08. The third kappa shape index (κ3) is 2.97. The number of benzene rings is 1. The maximum Gasteiger partial charge on any atom is 0.246 e. The van der Waals surface area contributed by atoms with Crippen LogP contribution in [0.1, 0.15) is 24.8 Å². The lowest BCUT2D eigenvalue weighted by Crippen LogP contribution is -2.01. The Morgan fingerprint density at radius 3 is 2.81 bits per heavy atom. The zero-order valence-electron chi connectivity index (χ0n) is 13.7. The van der Waals surface area contributed by atoms with Crippen molar-refractivity contribution in [2.75, 3.05) is 5.32 Å². The quantitative estimate of drug-likeness (QED) is 0.559. The van der Waals surface area contributed by atoms with E-state index in [1.165, 1.54) is 0 Å². The summed E-state index contributed by atoms with van der Waals surface area (Å²) in [6, 6.07) is 10.4. The summed E-state index contributed by atoms with van der Waals surface area (Å²) in [5.41, 5.74) is 2.95. The van der Waals surface area contributed by atoms with Gasteiger partial charge < -0.3 is 9.84 Å². The molecule has 0 atom stereocenters. The first-order valence-electron chi connectivity index (χ1n) is 8.34. The van der Waals surface area contributed by atoms with Gasteiger partial charge in [-0.25, -0.2) is 4.68 Å². The van der Waals surface area contributed by atoms with E-state index in [2.05, 4.69) is 31.0 Å². The van der Waals surface area contributed by atoms with Gasteiger partial charge in [-0.3, -0.25) is 0 Å². The Balaban J connectivity index is 1.26. The van der Waals surface area contributed by atoms with Crippen molar-refractivity contribution in [2.24, 2.45) is 0 Å². The Morgan fingerprint density at radius 1 is 1.15 bits per heavy atom. The Hall–Kier alpha value is -3.07. The predicted molar refractivity (Wildman–Crippen MR) is 96.5 cm³/mol. The number of rotatable bonds is 6. The molecule has 0 radical (unpaired) electrons. The summed E-state index contributed by atoms with van der Waals surface area (Å²) in [5.74, 6) is 1.98. The monoisotopic (exact) mass is 365 g/mol. The lowest BCUT2D eigenvalue weighted by atomic mass is 10.2. The van der Waals surface area contributed by atoms with E-state index in [9.17, 15) is 0 Å². The van der Waals surface area contributed by atoms with Crippen molar-refractivity contribution in [2.45, 2.75) is 25.4 Å². The van der Waals surface area contributed by atoms with Gasteiger partial charge in [0.25, 0.3) is 0 Å². The van der Waals surface area contributed by atoms with Crippen LogP contribution < -0.4 is 5.32 Å². The zero-order valence-corrected chi connectivity index (χ0v) is 14.6. The predicted octanol–water partition coefficient (Wildman–Crippen LogP) is 3.40. The molecule has 3 aromatic heterocycles. The van der Waals surface area contributed by atoms with Crippen molar-refractivity contribution >= 4 is 17.0 Å². The van der Waals surface area contributed by atoms with Crippen molar-refractivity contribution in [3.63, 3.8) is 0 Å². The Labute approximate surface area is 152 Å². The molecule has 0 aliphatic heterocycles. The number of nitrogens with zero attached hydrogens (tertiary/aromatic N) is 6. The first-order valence-corrected chi connectivity index (χ1v) is 9.28. The topological polar surface area (TPSA) is 94.5 Å². The van der Waals surface area contributed by atoms with Gasteiger partial charge in [0.15, 0.2) is 5.82 Å². The minimum absolute atomic E-state index is 0.452. The Kier molecular flexibility index (Phi) is 3.71. The SMILES string of the molecule is c1cc(-c2noc(CNc3ccc(-c4nnnn4C4CC4)cc3)n2)cs1. The highest BCUT2D eigenvalue weighted by atomic mass is 32.1. The van der Waals surface area contributed by atoms with Crippen molar-refractivity contribution in [1.29, 1.82) is 0 Å². The van der Waals surface area contributed by atoms with Gasteiger partial charge in [-0.05, 0) is 59.0 Å². The first kappa shape index (κ1) is 15.2. The molecular formula is C17H15N7OS. The third-order valence-electron chi connectivity index (χ3n) is 4.22. The first-order chi connectivity index (χ1) is 12.9. The summed E-state index contributed by atoms with van der Waals surface area (Å²) in [4.78, 5) is 4.40. The van der Waals surface area contributed by atoms with Gasteiger partial charge in [-0.1, -0.05) is 5.16 Å². The van der Waals surface area contributed by atoms with Gasteiger partial charge in [0.05, 0.1) is 12.6 Å². The van der Waals surface area contributed by atoms with E-state index in [4.69, 9.17) is 4.52 Å². The van der Waals surface area contributed by atoms with E-state index < -0.39 is 0 Å². The normalized spacial score (nSPS) is 13.8. The summed E-state index contributed by atoms with van der Waals surface area (Å²) in [6.45, 7) is 0.469. The second-order valence-electron chi connectivity index (χ2n) is 6.13. The van der Waals surface area contributed by atoms with E-state index in [1.807, 2.05) is 45.8 Å². The number of aromatic nitrogens is 6. The van der Waals surface area contributed by atoms with Crippen LogP contribution >= 0.6 is 11.3 Å². The molecule has 1 aromatic carbocycles. The molecule has 8 nitrogen and oxygen atoms in total. The van der Waals surface area contributed by atoms with Gasteiger partial charge in [-0.15, -0.1) is 5.10 Å². The number of hydrogen-bond donors (Lipinski definition) is 1.